The van der Waals surface area contributed by atoms with Crippen LogP contribution in [0.1, 0.15) is 64.5 Å². The molecule has 2 amide bonds. The minimum Gasteiger partial charge on any atom is -0.445 e. The standard InChI is InChI=1S/C28H43N3O4SSi/c1-7-18-34-27(33)31-17-10-11-20(31)13-14-21(23-12-8-9-16-29-23)25(36)24-22(26(32)30-24)15-19-35-37(5,6)28(2,3)4/h7-9,12,16,20-22,24H,1,10-11,13-15,17-19H2,2-6H3,(H,30,32)/t20-,21-,22+,24-/m1/s1. The number of hydrogen-bond donors (Lipinski definition) is 1. The summed E-state index contributed by atoms with van der Waals surface area (Å²) in [5.41, 5.74) is 0.906. The summed E-state index contributed by atoms with van der Waals surface area (Å²) in [6.07, 6.45) is 7.19. The monoisotopic (exact) mass is 545 g/mol. The number of likely N-dealkylation sites (tertiary alicyclic amines) is 1. The van der Waals surface area contributed by atoms with Crippen molar-refractivity contribution in [2.75, 3.05) is 19.8 Å². The van der Waals surface area contributed by atoms with Gasteiger partial charge in [0.25, 0.3) is 0 Å². The molecule has 2 saturated heterocycles. The van der Waals surface area contributed by atoms with E-state index in [0.717, 1.165) is 36.2 Å². The summed E-state index contributed by atoms with van der Waals surface area (Å²) in [5.74, 6) is -0.226. The van der Waals surface area contributed by atoms with Crippen molar-refractivity contribution in [3.05, 3.63) is 42.7 Å². The van der Waals surface area contributed by atoms with Gasteiger partial charge in [-0.15, -0.1) is 0 Å². The lowest BCUT2D eigenvalue weighted by molar-refractivity contribution is -0.133. The first-order valence-electron chi connectivity index (χ1n) is 13.4. The molecule has 0 saturated carbocycles. The lowest BCUT2D eigenvalue weighted by Crippen LogP contribution is -2.62. The second kappa shape index (κ2) is 12.6. The quantitative estimate of drug-likeness (QED) is 0.159. The molecule has 0 spiro atoms. The van der Waals surface area contributed by atoms with E-state index in [1.165, 1.54) is 0 Å². The first kappa shape index (κ1) is 29.5. The Balaban J connectivity index is 1.66. The van der Waals surface area contributed by atoms with E-state index in [9.17, 15) is 9.59 Å². The molecule has 3 heterocycles. The molecular formula is C28H43N3O4SSi. The molecule has 0 aliphatic carbocycles. The summed E-state index contributed by atoms with van der Waals surface area (Å²) in [6.45, 7) is 16.2. The van der Waals surface area contributed by atoms with Gasteiger partial charge in [-0.1, -0.05) is 51.7 Å². The van der Waals surface area contributed by atoms with E-state index in [1.54, 1.807) is 12.3 Å². The molecule has 0 bridgehead atoms. The molecule has 3 rings (SSSR count). The maximum absolute atomic E-state index is 12.5. The normalized spacial score (nSPS) is 22.7. The molecule has 0 aromatic carbocycles. The van der Waals surface area contributed by atoms with Crippen LogP contribution in [0.3, 0.4) is 0 Å². The minimum atomic E-state index is -1.88. The van der Waals surface area contributed by atoms with Crippen molar-refractivity contribution in [3.8, 4) is 0 Å². The Hall–Kier alpha value is -2.10. The number of β-lactam (4-membered cyclic amide) rings is 1. The summed E-state index contributed by atoms with van der Waals surface area (Å²) < 4.78 is 11.6. The largest absolute Gasteiger partial charge is 0.445 e. The summed E-state index contributed by atoms with van der Waals surface area (Å²) >= 11 is 6.02. The van der Waals surface area contributed by atoms with Crippen LogP contribution in [0.5, 0.6) is 0 Å². The number of thiocarbonyl (C=S) groups is 1. The topological polar surface area (TPSA) is 80.8 Å². The number of nitrogens with zero attached hydrogens (tertiary/aromatic N) is 2. The van der Waals surface area contributed by atoms with Gasteiger partial charge in [0.05, 0.1) is 12.0 Å². The molecule has 0 unspecified atom stereocenters. The van der Waals surface area contributed by atoms with Crippen molar-refractivity contribution in [3.63, 3.8) is 0 Å². The molecule has 1 aromatic rings. The number of pyridine rings is 1. The summed E-state index contributed by atoms with van der Waals surface area (Å²) in [5, 5.41) is 3.18. The van der Waals surface area contributed by atoms with E-state index in [0.29, 0.717) is 19.6 Å². The summed E-state index contributed by atoms with van der Waals surface area (Å²) in [4.78, 5) is 32.3. The van der Waals surface area contributed by atoms with E-state index in [1.807, 2.05) is 23.1 Å². The predicted molar refractivity (Wildman–Crippen MR) is 153 cm³/mol. The van der Waals surface area contributed by atoms with Crippen molar-refractivity contribution in [2.24, 2.45) is 5.92 Å². The predicted octanol–water partition coefficient (Wildman–Crippen LogP) is 5.63. The molecular weight excluding hydrogens is 502 g/mol. The van der Waals surface area contributed by atoms with Crippen LogP contribution in [0.25, 0.3) is 0 Å². The molecule has 2 aliphatic rings. The number of aromatic nitrogens is 1. The fourth-order valence-electron chi connectivity index (χ4n) is 4.82. The highest BCUT2D eigenvalue weighted by atomic mass is 32.1. The third-order valence-corrected chi connectivity index (χ3v) is 13.2. The lowest BCUT2D eigenvalue weighted by Gasteiger charge is -2.41. The highest BCUT2D eigenvalue weighted by molar-refractivity contribution is 7.80. The number of carbonyl (C=O) groups is 2. The fourth-order valence-corrected chi connectivity index (χ4v) is 6.35. The van der Waals surface area contributed by atoms with Crippen molar-refractivity contribution >= 4 is 37.4 Å². The van der Waals surface area contributed by atoms with Gasteiger partial charge in [-0.05, 0) is 62.4 Å². The van der Waals surface area contributed by atoms with Crippen LogP contribution in [0, 0.1) is 5.92 Å². The highest BCUT2D eigenvalue weighted by Crippen LogP contribution is 2.37. The fraction of sp³-hybridized carbons (Fsp3) is 0.643. The van der Waals surface area contributed by atoms with E-state index in [-0.39, 0.29) is 47.6 Å². The van der Waals surface area contributed by atoms with Crippen LogP contribution >= 0.6 is 12.2 Å². The molecule has 7 nitrogen and oxygen atoms in total. The number of hydrogen-bond acceptors (Lipinski definition) is 6. The van der Waals surface area contributed by atoms with Crippen molar-refractivity contribution in [1.82, 2.24) is 15.2 Å². The number of rotatable bonds is 12. The van der Waals surface area contributed by atoms with Gasteiger partial charge in [0.1, 0.15) is 6.61 Å². The average Bonchev–Trinajstić information content (AvgIpc) is 3.32. The van der Waals surface area contributed by atoms with E-state index < -0.39 is 8.32 Å². The van der Waals surface area contributed by atoms with Gasteiger partial charge in [-0.3, -0.25) is 9.78 Å². The second-order valence-corrected chi connectivity index (χ2v) is 16.9. The molecule has 4 atom stereocenters. The Kier molecular flexibility index (Phi) is 10.1. The van der Waals surface area contributed by atoms with Crippen molar-refractivity contribution in [2.45, 2.75) is 89.0 Å². The van der Waals surface area contributed by atoms with E-state index in [2.05, 4.69) is 50.7 Å². The molecule has 1 N–H and O–H groups in total. The SMILES string of the molecule is C=CCOC(=O)N1CCC[C@@H]1CC[C@@H](C(=S)[C@@H]1NC(=O)[C@H]1CCO[Si](C)(C)C(C)(C)C)c1ccccn1. The Morgan fingerprint density at radius 1 is 1.35 bits per heavy atom. The first-order valence-corrected chi connectivity index (χ1v) is 16.7. The lowest BCUT2D eigenvalue weighted by atomic mass is 9.79. The van der Waals surface area contributed by atoms with Gasteiger partial charge in [0.15, 0.2) is 8.32 Å². The van der Waals surface area contributed by atoms with Gasteiger partial charge < -0.3 is 19.4 Å². The Morgan fingerprint density at radius 3 is 2.73 bits per heavy atom. The second-order valence-electron chi connectivity index (χ2n) is 11.6. The maximum Gasteiger partial charge on any atom is 0.410 e. The van der Waals surface area contributed by atoms with Gasteiger partial charge in [0.2, 0.25) is 5.91 Å². The van der Waals surface area contributed by atoms with Gasteiger partial charge in [-0.25, -0.2) is 4.79 Å². The summed E-state index contributed by atoms with van der Waals surface area (Å²) in [6, 6.07) is 5.80. The van der Waals surface area contributed by atoms with E-state index >= 15 is 0 Å². The van der Waals surface area contributed by atoms with Crippen LogP contribution in [0.2, 0.25) is 18.1 Å². The zero-order valence-electron chi connectivity index (χ0n) is 23.0. The van der Waals surface area contributed by atoms with Crippen molar-refractivity contribution in [1.29, 1.82) is 0 Å². The third kappa shape index (κ3) is 7.27. The van der Waals surface area contributed by atoms with Gasteiger partial charge >= 0.3 is 6.09 Å². The maximum atomic E-state index is 12.5. The molecule has 2 fully saturated rings. The molecule has 0 radical (unpaired) electrons. The first-order chi connectivity index (χ1) is 17.5. The number of ether oxygens (including phenoxy) is 1. The average molecular weight is 546 g/mol. The minimum absolute atomic E-state index is 0.0397. The summed E-state index contributed by atoms with van der Waals surface area (Å²) in [7, 11) is -1.88. The molecule has 2 aliphatic heterocycles. The van der Waals surface area contributed by atoms with Gasteiger partial charge in [-0.2, -0.15) is 0 Å². The van der Waals surface area contributed by atoms with Crippen LogP contribution < -0.4 is 5.32 Å². The third-order valence-electron chi connectivity index (χ3n) is 8.15. The van der Waals surface area contributed by atoms with E-state index in [4.69, 9.17) is 21.4 Å². The van der Waals surface area contributed by atoms with Crippen LogP contribution in [-0.4, -0.2) is 66.9 Å². The molecule has 1 aromatic heterocycles. The zero-order chi connectivity index (χ0) is 27.2. The Morgan fingerprint density at radius 2 is 2.11 bits per heavy atom. The Labute approximate surface area is 228 Å². The number of carbonyl (C=O) groups excluding carboxylic acids is 2. The van der Waals surface area contributed by atoms with Crippen LogP contribution in [-0.2, 0) is 14.0 Å². The van der Waals surface area contributed by atoms with Gasteiger partial charge in [0, 0.05) is 41.9 Å². The highest BCUT2D eigenvalue weighted by Gasteiger charge is 2.45. The molecule has 9 heteroatoms. The zero-order valence-corrected chi connectivity index (χ0v) is 24.8. The molecule has 204 valence electrons. The number of nitrogens with one attached hydrogen (secondary N) is 1. The smallest absolute Gasteiger partial charge is 0.410 e. The van der Waals surface area contributed by atoms with Crippen LogP contribution in [0.15, 0.2) is 37.1 Å². The van der Waals surface area contributed by atoms with Crippen molar-refractivity contribution < 1.29 is 18.8 Å². The Bertz CT molecular complexity index is 966. The molecule has 37 heavy (non-hydrogen) atoms. The van der Waals surface area contributed by atoms with Crippen LogP contribution in [0.4, 0.5) is 4.79 Å². The number of amides is 2.